The molecule has 0 aliphatic carbocycles. The minimum atomic E-state index is -0.418. The predicted molar refractivity (Wildman–Crippen MR) is 130 cm³/mol. The SMILES string of the molecule is CC(C)c1nc(Cc2ccc(NC(=O)c3cn4c5c(cc(Br)cc5c3=O)C[C@@H]4C)cc2)no1. The first-order valence-electron chi connectivity index (χ1n) is 10.9. The molecule has 0 saturated heterocycles. The van der Waals surface area contributed by atoms with Crippen molar-refractivity contribution in [1.82, 2.24) is 14.7 Å². The molecular weight excluding hydrogens is 484 g/mol. The Hall–Kier alpha value is -3.26. The van der Waals surface area contributed by atoms with Crippen molar-refractivity contribution in [3.8, 4) is 0 Å². The van der Waals surface area contributed by atoms with E-state index >= 15 is 0 Å². The molecule has 0 saturated carbocycles. The number of nitrogens with zero attached hydrogens (tertiary/aromatic N) is 3. The fourth-order valence-corrected chi connectivity index (χ4v) is 4.79. The summed E-state index contributed by atoms with van der Waals surface area (Å²) in [5.74, 6) is 1.01. The maximum absolute atomic E-state index is 13.1. The minimum absolute atomic E-state index is 0.136. The molecule has 1 amide bonds. The van der Waals surface area contributed by atoms with Gasteiger partial charge in [-0.3, -0.25) is 9.59 Å². The van der Waals surface area contributed by atoms with Crippen molar-refractivity contribution in [2.75, 3.05) is 5.32 Å². The van der Waals surface area contributed by atoms with Crippen LogP contribution < -0.4 is 10.7 Å². The molecule has 2 aromatic heterocycles. The number of hydrogen-bond acceptors (Lipinski definition) is 5. The summed E-state index contributed by atoms with van der Waals surface area (Å²) in [5.41, 5.74) is 3.52. The number of amides is 1. The lowest BCUT2D eigenvalue weighted by molar-refractivity contribution is 0.102. The quantitative estimate of drug-likeness (QED) is 0.400. The van der Waals surface area contributed by atoms with Crippen LogP contribution in [0.5, 0.6) is 0 Å². The zero-order chi connectivity index (χ0) is 23.3. The molecule has 3 heterocycles. The average Bonchev–Trinajstić information content (AvgIpc) is 3.36. The van der Waals surface area contributed by atoms with Crippen molar-refractivity contribution in [3.05, 3.63) is 85.7 Å². The number of carbonyl (C=O) groups excluding carboxylic acids is 1. The summed E-state index contributed by atoms with van der Waals surface area (Å²) in [6, 6.07) is 11.4. The van der Waals surface area contributed by atoms with Crippen molar-refractivity contribution >= 4 is 38.4 Å². The Balaban J connectivity index is 1.38. The highest BCUT2D eigenvalue weighted by atomic mass is 79.9. The summed E-state index contributed by atoms with van der Waals surface area (Å²) in [4.78, 5) is 30.6. The number of aromatic nitrogens is 3. The highest BCUT2D eigenvalue weighted by Crippen LogP contribution is 2.33. The molecule has 2 aromatic carbocycles. The third-order valence-electron chi connectivity index (χ3n) is 5.96. The number of anilines is 1. The fourth-order valence-electron chi connectivity index (χ4n) is 4.28. The zero-order valence-electron chi connectivity index (χ0n) is 18.6. The van der Waals surface area contributed by atoms with E-state index in [0.29, 0.717) is 29.2 Å². The van der Waals surface area contributed by atoms with E-state index in [1.165, 1.54) is 0 Å². The third kappa shape index (κ3) is 3.99. The number of benzene rings is 2. The van der Waals surface area contributed by atoms with E-state index < -0.39 is 5.91 Å². The van der Waals surface area contributed by atoms with E-state index in [-0.39, 0.29) is 23.0 Å². The van der Waals surface area contributed by atoms with Gasteiger partial charge in [0.05, 0.1) is 5.52 Å². The number of carbonyl (C=O) groups is 1. The Morgan fingerprint density at radius 3 is 2.73 bits per heavy atom. The number of pyridine rings is 1. The Bertz CT molecular complexity index is 1440. The van der Waals surface area contributed by atoms with Gasteiger partial charge < -0.3 is 14.4 Å². The normalized spacial score (nSPS) is 14.9. The van der Waals surface area contributed by atoms with Gasteiger partial charge in [0.15, 0.2) is 5.82 Å². The maximum atomic E-state index is 13.1. The van der Waals surface area contributed by atoms with Crippen molar-refractivity contribution in [2.45, 2.75) is 45.6 Å². The van der Waals surface area contributed by atoms with Gasteiger partial charge in [-0.2, -0.15) is 4.98 Å². The van der Waals surface area contributed by atoms with E-state index in [4.69, 9.17) is 4.52 Å². The first-order chi connectivity index (χ1) is 15.8. The van der Waals surface area contributed by atoms with Crippen molar-refractivity contribution < 1.29 is 9.32 Å². The monoisotopic (exact) mass is 506 g/mol. The molecule has 33 heavy (non-hydrogen) atoms. The summed E-state index contributed by atoms with van der Waals surface area (Å²) < 4.78 is 8.13. The van der Waals surface area contributed by atoms with Gasteiger partial charge in [0, 0.05) is 40.1 Å². The summed E-state index contributed by atoms with van der Waals surface area (Å²) in [7, 11) is 0. The summed E-state index contributed by atoms with van der Waals surface area (Å²) >= 11 is 3.49. The Morgan fingerprint density at radius 2 is 2.03 bits per heavy atom. The number of halogens is 1. The fraction of sp³-hybridized carbons (Fsp3) is 0.280. The highest BCUT2D eigenvalue weighted by Gasteiger charge is 2.25. The van der Waals surface area contributed by atoms with E-state index in [2.05, 4.69) is 38.3 Å². The maximum Gasteiger partial charge on any atom is 0.261 e. The predicted octanol–water partition coefficient (Wildman–Crippen LogP) is 5.23. The standard InChI is InChI=1S/C25H23BrN4O3/c1-13(2)25-28-21(29-33-25)9-15-4-6-18(7-5-15)27-24(32)20-12-30-14(3)8-16-10-17(26)11-19(22(16)30)23(20)31/h4-7,10-14H,8-9H2,1-3H3,(H,27,32)/t14-/m0/s1. The lowest BCUT2D eigenvalue weighted by atomic mass is 10.1. The minimum Gasteiger partial charge on any atom is -0.343 e. The molecule has 1 atom stereocenters. The molecule has 1 aliphatic heterocycles. The average molecular weight is 507 g/mol. The lowest BCUT2D eigenvalue weighted by Crippen LogP contribution is -2.23. The van der Waals surface area contributed by atoms with Crippen LogP contribution >= 0.6 is 15.9 Å². The van der Waals surface area contributed by atoms with Crippen LogP contribution in [0.15, 0.2) is 56.4 Å². The van der Waals surface area contributed by atoms with E-state index in [1.807, 2.05) is 48.7 Å². The molecule has 1 N–H and O–H groups in total. The first kappa shape index (κ1) is 21.6. The van der Waals surface area contributed by atoms with E-state index in [9.17, 15) is 9.59 Å². The lowest BCUT2D eigenvalue weighted by Gasteiger charge is -2.13. The molecular formula is C25H23BrN4O3. The molecule has 1 aliphatic rings. The second-order valence-electron chi connectivity index (χ2n) is 8.82. The molecule has 8 heteroatoms. The molecule has 0 bridgehead atoms. The largest absolute Gasteiger partial charge is 0.343 e. The number of rotatable bonds is 5. The van der Waals surface area contributed by atoms with Gasteiger partial charge in [-0.05, 0) is 48.7 Å². The van der Waals surface area contributed by atoms with Gasteiger partial charge in [0.25, 0.3) is 5.91 Å². The van der Waals surface area contributed by atoms with Gasteiger partial charge in [0.1, 0.15) is 5.56 Å². The van der Waals surface area contributed by atoms with Crippen LogP contribution in [0.4, 0.5) is 5.69 Å². The molecule has 0 spiro atoms. The van der Waals surface area contributed by atoms with Crippen molar-refractivity contribution in [2.24, 2.45) is 0 Å². The van der Waals surface area contributed by atoms with Crippen LogP contribution in [-0.4, -0.2) is 20.6 Å². The van der Waals surface area contributed by atoms with Crippen LogP contribution in [0.2, 0.25) is 0 Å². The highest BCUT2D eigenvalue weighted by molar-refractivity contribution is 9.10. The van der Waals surface area contributed by atoms with Crippen LogP contribution in [0.25, 0.3) is 10.9 Å². The van der Waals surface area contributed by atoms with Crippen molar-refractivity contribution in [3.63, 3.8) is 0 Å². The van der Waals surface area contributed by atoms with Crippen LogP contribution in [0.1, 0.15) is 65.9 Å². The Morgan fingerprint density at radius 1 is 1.27 bits per heavy atom. The van der Waals surface area contributed by atoms with Gasteiger partial charge in [0.2, 0.25) is 11.3 Å². The van der Waals surface area contributed by atoms with E-state index in [1.54, 1.807) is 12.3 Å². The van der Waals surface area contributed by atoms with Crippen LogP contribution in [-0.2, 0) is 12.8 Å². The van der Waals surface area contributed by atoms with Crippen LogP contribution in [0, 0.1) is 0 Å². The van der Waals surface area contributed by atoms with Gasteiger partial charge in [-0.1, -0.05) is 47.1 Å². The third-order valence-corrected chi connectivity index (χ3v) is 6.41. The summed E-state index contributed by atoms with van der Waals surface area (Å²) in [6.07, 6.45) is 3.06. The Kier molecular flexibility index (Phi) is 5.40. The molecule has 7 nitrogen and oxygen atoms in total. The Labute approximate surface area is 198 Å². The first-order valence-corrected chi connectivity index (χ1v) is 11.7. The smallest absolute Gasteiger partial charge is 0.261 e. The second-order valence-corrected chi connectivity index (χ2v) is 9.74. The van der Waals surface area contributed by atoms with Gasteiger partial charge in [-0.15, -0.1) is 0 Å². The second kappa shape index (κ2) is 8.26. The van der Waals surface area contributed by atoms with Gasteiger partial charge in [-0.25, -0.2) is 0 Å². The molecule has 5 rings (SSSR count). The zero-order valence-corrected chi connectivity index (χ0v) is 20.1. The molecule has 0 unspecified atom stereocenters. The molecule has 0 fully saturated rings. The molecule has 4 aromatic rings. The topological polar surface area (TPSA) is 90.0 Å². The van der Waals surface area contributed by atoms with Crippen LogP contribution in [0.3, 0.4) is 0 Å². The number of hydrogen-bond donors (Lipinski definition) is 1. The molecule has 168 valence electrons. The van der Waals surface area contributed by atoms with Gasteiger partial charge >= 0.3 is 0 Å². The summed E-state index contributed by atoms with van der Waals surface area (Å²) in [5, 5.41) is 7.43. The van der Waals surface area contributed by atoms with Crippen molar-refractivity contribution in [1.29, 1.82) is 0 Å². The number of nitrogens with one attached hydrogen (secondary N) is 1. The molecule has 0 radical (unpaired) electrons. The van der Waals surface area contributed by atoms with E-state index in [0.717, 1.165) is 27.5 Å². The summed E-state index contributed by atoms with van der Waals surface area (Å²) in [6.45, 7) is 6.09.